The zero-order valence-electron chi connectivity index (χ0n) is 9.88. The molecule has 2 N–H and O–H groups in total. The molecule has 1 saturated carbocycles. The second-order valence-electron chi connectivity index (χ2n) is 4.72. The maximum atomic E-state index is 13.4. The lowest BCUT2D eigenvalue weighted by atomic mass is 9.85. The Labute approximate surface area is 104 Å². The first-order valence-electron chi connectivity index (χ1n) is 6.05. The van der Waals surface area contributed by atoms with Crippen LogP contribution >= 0.6 is 0 Å². The molecule has 0 spiro atoms. The van der Waals surface area contributed by atoms with Crippen LogP contribution in [0.5, 0.6) is 0 Å². The third kappa shape index (κ3) is 1.94. The number of halogens is 1. The summed E-state index contributed by atoms with van der Waals surface area (Å²) in [6.45, 7) is 0.800. The van der Waals surface area contributed by atoms with Crippen LogP contribution in [0.15, 0.2) is 18.2 Å². The number of nitrogen functional groups attached to an aromatic ring is 1. The van der Waals surface area contributed by atoms with Crippen LogP contribution in [-0.2, 0) is 6.54 Å². The summed E-state index contributed by atoms with van der Waals surface area (Å²) >= 11 is 0. The monoisotopic (exact) mass is 247 g/mol. The van der Waals surface area contributed by atoms with Crippen molar-refractivity contribution in [3.8, 4) is 11.4 Å². The van der Waals surface area contributed by atoms with E-state index in [1.807, 2.05) is 0 Å². The van der Waals surface area contributed by atoms with Gasteiger partial charge >= 0.3 is 0 Å². The summed E-state index contributed by atoms with van der Waals surface area (Å²) in [5, 5.41) is 11.6. The van der Waals surface area contributed by atoms with Crippen molar-refractivity contribution in [3.05, 3.63) is 24.0 Å². The topological polar surface area (TPSA) is 69.6 Å². The third-order valence-corrected chi connectivity index (χ3v) is 3.45. The van der Waals surface area contributed by atoms with Gasteiger partial charge in [-0.3, -0.25) is 0 Å². The molecular formula is C12H14FN5. The lowest BCUT2D eigenvalue weighted by molar-refractivity contribution is 0.265. The van der Waals surface area contributed by atoms with Gasteiger partial charge in [0.15, 0.2) is 5.82 Å². The minimum Gasteiger partial charge on any atom is -0.396 e. The average Bonchev–Trinajstić information content (AvgIpc) is 2.75. The van der Waals surface area contributed by atoms with Crippen LogP contribution in [0.25, 0.3) is 11.4 Å². The molecule has 0 saturated heterocycles. The molecule has 0 radical (unpaired) electrons. The van der Waals surface area contributed by atoms with E-state index in [1.54, 1.807) is 10.7 Å². The maximum absolute atomic E-state index is 13.4. The molecule has 1 aliphatic carbocycles. The fourth-order valence-corrected chi connectivity index (χ4v) is 2.12. The van der Waals surface area contributed by atoms with Crippen LogP contribution in [0.3, 0.4) is 0 Å². The summed E-state index contributed by atoms with van der Waals surface area (Å²) in [6, 6.07) is 4.65. The zero-order chi connectivity index (χ0) is 12.5. The van der Waals surface area contributed by atoms with Crippen LogP contribution in [-0.4, -0.2) is 20.2 Å². The van der Waals surface area contributed by atoms with Gasteiger partial charge in [-0.05, 0) is 47.4 Å². The van der Waals surface area contributed by atoms with Crippen molar-refractivity contribution >= 4 is 5.69 Å². The van der Waals surface area contributed by atoms with Gasteiger partial charge in [0.05, 0.1) is 5.69 Å². The first kappa shape index (κ1) is 11.1. The van der Waals surface area contributed by atoms with Crippen molar-refractivity contribution in [2.45, 2.75) is 25.8 Å². The summed E-state index contributed by atoms with van der Waals surface area (Å²) in [4.78, 5) is 0. The van der Waals surface area contributed by atoms with E-state index in [-0.39, 0.29) is 5.69 Å². The molecule has 0 unspecified atom stereocenters. The van der Waals surface area contributed by atoms with E-state index in [1.165, 1.54) is 31.4 Å². The highest BCUT2D eigenvalue weighted by Gasteiger charge is 2.20. The number of anilines is 1. The first-order valence-corrected chi connectivity index (χ1v) is 6.05. The summed E-state index contributed by atoms with van der Waals surface area (Å²) in [7, 11) is 0. The smallest absolute Gasteiger partial charge is 0.182 e. The van der Waals surface area contributed by atoms with Crippen LogP contribution in [0.2, 0.25) is 0 Å². The Bertz CT molecular complexity index is 561. The maximum Gasteiger partial charge on any atom is 0.182 e. The van der Waals surface area contributed by atoms with E-state index in [4.69, 9.17) is 5.73 Å². The van der Waals surface area contributed by atoms with E-state index >= 15 is 0 Å². The summed E-state index contributed by atoms with van der Waals surface area (Å²) in [5.74, 6) is 0.803. The largest absolute Gasteiger partial charge is 0.396 e. The highest BCUT2D eigenvalue weighted by molar-refractivity contribution is 5.59. The van der Waals surface area contributed by atoms with Gasteiger partial charge < -0.3 is 5.73 Å². The highest BCUT2D eigenvalue weighted by atomic mass is 19.1. The molecule has 0 aliphatic heterocycles. The molecule has 3 rings (SSSR count). The number of hydrogen-bond donors (Lipinski definition) is 1. The van der Waals surface area contributed by atoms with Gasteiger partial charge in [-0.1, -0.05) is 6.42 Å². The van der Waals surface area contributed by atoms with E-state index in [0.717, 1.165) is 6.54 Å². The lowest BCUT2D eigenvalue weighted by Crippen LogP contribution is -2.19. The third-order valence-electron chi connectivity index (χ3n) is 3.45. The fraction of sp³-hybridized carbons (Fsp3) is 0.417. The SMILES string of the molecule is Nc1ccc(-c2nnnn2CC2CCC2)cc1F. The van der Waals surface area contributed by atoms with Crippen molar-refractivity contribution in [1.29, 1.82) is 0 Å². The summed E-state index contributed by atoms with van der Waals surface area (Å²) in [5.41, 5.74) is 6.25. The molecule has 1 aromatic carbocycles. The molecule has 18 heavy (non-hydrogen) atoms. The number of nitrogens with two attached hydrogens (primary N) is 1. The minimum absolute atomic E-state index is 0.136. The Hall–Kier alpha value is -1.98. The highest BCUT2D eigenvalue weighted by Crippen LogP contribution is 2.29. The van der Waals surface area contributed by atoms with Crippen LogP contribution < -0.4 is 5.73 Å². The van der Waals surface area contributed by atoms with Gasteiger partial charge in [-0.15, -0.1) is 5.10 Å². The molecular weight excluding hydrogens is 233 g/mol. The van der Waals surface area contributed by atoms with Crippen molar-refractivity contribution in [2.75, 3.05) is 5.73 Å². The fourth-order valence-electron chi connectivity index (χ4n) is 2.12. The van der Waals surface area contributed by atoms with E-state index in [9.17, 15) is 4.39 Å². The van der Waals surface area contributed by atoms with Gasteiger partial charge in [0.1, 0.15) is 5.82 Å². The summed E-state index contributed by atoms with van der Waals surface area (Å²) < 4.78 is 15.2. The zero-order valence-corrected chi connectivity index (χ0v) is 9.88. The molecule has 5 nitrogen and oxygen atoms in total. The number of nitrogens with zero attached hydrogens (tertiary/aromatic N) is 4. The van der Waals surface area contributed by atoms with Crippen molar-refractivity contribution in [1.82, 2.24) is 20.2 Å². The Morgan fingerprint density at radius 1 is 1.39 bits per heavy atom. The quantitative estimate of drug-likeness (QED) is 0.840. The van der Waals surface area contributed by atoms with Crippen molar-refractivity contribution in [2.24, 2.45) is 5.92 Å². The normalized spacial score (nSPS) is 15.6. The van der Waals surface area contributed by atoms with Gasteiger partial charge in [0, 0.05) is 12.1 Å². The van der Waals surface area contributed by atoms with E-state index < -0.39 is 5.82 Å². The number of benzene rings is 1. The molecule has 0 amide bonds. The summed E-state index contributed by atoms with van der Waals surface area (Å²) in [6.07, 6.45) is 3.71. The van der Waals surface area contributed by atoms with Gasteiger partial charge in [-0.2, -0.15) is 0 Å². The van der Waals surface area contributed by atoms with Crippen molar-refractivity contribution < 1.29 is 4.39 Å². The predicted octanol–water partition coefficient (Wildman–Crippen LogP) is 1.86. The molecule has 2 aromatic rings. The Kier molecular flexibility index (Phi) is 2.70. The minimum atomic E-state index is -0.439. The lowest BCUT2D eigenvalue weighted by Gasteiger charge is -2.25. The Balaban J connectivity index is 1.90. The van der Waals surface area contributed by atoms with Gasteiger partial charge in [0.2, 0.25) is 0 Å². The number of aromatic nitrogens is 4. The van der Waals surface area contributed by atoms with E-state index in [2.05, 4.69) is 15.5 Å². The number of hydrogen-bond acceptors (Lipinski definition) is 4. The standard InChI is InChI=1S/C12H14FN5/c13-10-6-9(4-5-11(10)14)12-15-16-17-18(12)7-8-2-1-3-8/h4-6,8H,1-3,7,14H2. The number of rotatable bonds is 3. The average molecular weight is 247 g/mol. The van der Waals surface area contributed by atoms with Gasteiger partial charge in [0.25, 0.3) is 0 Å². The van der Waals surface area contributed by atoms with Crippen molar-refractivity contribution in [3.63, 3.8) is 0 Å². The van der Waals surface area contributed by atoms with Crippen LogP contribution in [0, 0.1) is 11.7 Å². The molecule has 1 heterocycles. The molecule has 1 aromatic heterocycles. The first-order chi connectivity index (χ1) is 8.74. The Morgan fingerprint density at radius 3 is 2.89 bits per heavy atom. The molecule has 6 heteroatoms. The Morgan fingerprint density at radius 2 is 2.22 bits per heavy atom. The molecule has 94 valence electrons. The predicted molar refractivity (Wildman–Crippen MR) is 65.0 cm³/mol. The molecule has 0 bridgehead atoms. The van der Waals surface area contributed by atoms with Gasteiger partial charge in [-0.25, -0.2) is 9.07 Å². The second-order valence-corrected chi connectivity index (χ2v) is 4.72. The second kappa shape index (κ2) is 4.36. The van der Waals surface area contributed by atoms with Crippen LogP contribution in [0.4, 0.5) is 10.1 Å². The molecule has 0 atom stereocenters. The number of tetrazole rings is 1. The molecule has 1 fully saturated rings. The van der Waals surface area contributed by atoms with Crippen LogP contribution in [0.1, 0.15) is 19.3 Å². The molecule has 1 aliphatic rings. The van der Waals surface area contributed by atoms with E-state index in [0.29, 0.717) is 17.3 Å².